The van der Waals surface area contributed by atoms with Gasteiger partial charge in [0.1, 0.15) is 6.33 Å². The van der Waals surface area contributed by atoms with Gasteiger partial charge in [-0.2, -0.15) is 5.10 Å². The first kappa shape index (κ1) is 17.8. The van der Waals surface area contributed by atoms with Crippen LogP contribution in [-0.4, -0.2) is 36.5 Å². The Bertz CT molecular complexity index is 1290. The number of nitrogens with one attached hydrogen (secondary N) is 1. The third-order valence-electron chi connectivity index (χ3n) is 6.01. The zero-order valence-electron chi connectivity index (χ0n) is 16.1. The molecule has 0 amide bonds. The molecule has 8 nitrogen and oxygen atoms in total. The van der Waals surface area contributed by atoms with Gasteiger partial charge < -0.3 is 10.7 Å². The summed E-state index contributed by atoms with van der Waals surface area (Å²) in [4.78, 5) is 31.4. The second-order valence-electron chi connectivity index (χ2n) is 7.88. The summed E-state index contributed by atoms with van der Waals surface area (Å²) in [6.07, 6.45) is 7.77. The monoisotopic (exact) mass is 390 g/mol. The van der Waals surface area contributed by atoms with E-state index in [2.05, 4.69) is 15.1 Å². The van der Waals surface area contributed by atoms with Crippen LogP contribution in [0.15, 0.2) is 35.5 Å². The molecule has 1 aliphatic carbocycles. The fourth-order valence-corrected chi connectivity index (χ4v) is 4.50. The Morgan fingerprint density at radius 1 is 1.21 bits per heavy atom. The molecule has 1 aromatic carbocycles. The van der Waals surface area contributed by atoms with Gasteiger partial charge in [0, 0.05) is 23.8 Å². The second-order valence-corrected chi connectivity index (χ2v) is 7.88. The molecule has 0 radical (unpaired) electrons. The summed E-state index contributed by atoms with van der Waals surface area (Å²) in [6, 6.07) is 6.24. The van der Waals surface area contributed by atoms with Gasteiger partial charge in [0.15, 0.2) is 11.9 Å². The average Bonchev–Trinajstić information content (AvgIpc) is 3.31. The van der Waals surface area contributed by atoms with Crippen molar-refractivity contribution in [2.45, 2.75) is 44.7 Å². The summed E-state index contributed by atoms with van der Waals surface area (Å²) in [5.41, 5.74) is 11.5. The minimum absolute atomic E-state index is 0.0858. The van der Waals surface area contributed by atoms with Gasteiger partial charge in [-0.1, -0.05) is 0 Å². The Morgan fingerprint density at radius 3 is 2.76 bits per heavy atom. The number of aromatic nitrogens is 5. The predicted octanol–water partition coefficient (Wildman–Crippen LogP) is 2.60. The van der Waals surface area contributed by atoms with Crippen molar-refractivity contribution in [3.8, 4) is 11.1 Å². The number of H-pyrrole nitrogens is 1. The normalized spacial score (nSPS) is 19.8. The lowest BCUT2D eigenvalue weighted by molar-refractivity contribution is 0.112. The third kappa shape index (κ3) is 2.87. The SMILES string of the molecule is Cc1cc2c(cc1-c1cc(C=O)c3ncnn3c1)[nH]c(=O)n2C1CCC(N)CC1. The lowest BCUT2D eigenvalue weighted by Gasteiger charge is -2.27. The molecule has 3 N–H and O–H groups in total. The number of nitrogens with zero attached hydrogens (tertiary/aromatic N) is 4. The molecule has 29 heavy (non-hydrogen) atoms. The smallest absolute Gasteiger partial charge is 0.326 e. The fourth-order valence-electron chi connectivity index (χ4n) is 4.50. The highest BCUT2D eigenvalue weighted by molar-refractivity contribution is 5.89. The number of aryl methyl sites for hydroxylation is 1. The molecule has 3 aromatic heterocycles. The number of aromatic amines is 1. The summed E-state index contributed by atoms with van der Waals surface area (Å²) in [5.74, 6) is 0. The van der Waals surface area contributed by atoms with Gasteiger partial charge >= 0.3 is 5.69 Å². The van der Waals surface area contributed by atoms with Gasteiger partial charge in [-0.3, -0.25) is 9.36 Å². The van der Waals surface area contributed by atoms with Crippen LogP contribution in [0.5, 0.6) is 0 Å². The van der Waals surface area contributed by atoms with Crippen molar-refractivity contribution >= 4 is 23.0 Å². The molecule has 0 saturated heterocycles. The van der Waals surface area contributed by atoms with E-state index in [4.69, 9.17) is 5.73 Å². The van der Waals surface area contributed by atoms with Gasteiger partial charge in [-0.25, -0.2) is 14.3 Å². The lowest BCUT2D eigenvalue weighted by atomic mass is 9.91. The zero-order valence-corrected chi connectivity index (χ0v) is 16.1. The van der Waals surface area contributed by atoms with Crippen LogP contribution in [0.4, 0.5) is 0 Å². The van der Waals surface area contributed by atoms with Gasteiger partial charge in [0.2, 0.25) is 0 Å². The summed E-state index contributed by atoms with van der Waals surface area (Å²) in [6.45, 7) is 2.01. The van der Waals surface area contributed by atoms with E-state index in [9.17, 15) is 9.59 Å². The third-order valence-corrected chi connectivity index (χ3v) is 6.01. The predicted molar refractivity (Wildman–Crippen MR) is 110 cm³/mol. The Kier molecular flexibility index (Phi) is 4.09. The van der Waals surface area contributed by atoms with E-state index < -0.39 is 0 Å². The fraction of sp³-hybridized carbons (Fsp3) is 0.333. The van der Waals surface area contributed by atoms with Gasteiger partial charge in [-0.05, 0) is 61.9 Å². The van der Waals surface area contributed by atoms with Crippen molar-refractivity contribution in [2.75, 3.05) is 0 Å². The number of carbonyl (C=O) groups excluding carboxylic acids is 1. The number of carbonyl (C=O) groups is 1. The highest BCUT2D eigenvalue weighted by Crippen LogP contribution is 2.32. The number of imidazole rings is 1. The highest BCUT2D eigenvalue weighted by Gasteiger charge is 2.23. The zero-order chi connectivity index (χ0) is 20.1. The number of benzene rings is 1. The van der Waals surface area contributed by atoms with Crippen LogP contribution in [0, 0.1) is 6.92 Å². The number of rotatable bonds is 3. The number of pyridine rings is 1. The van der Waals surface area contributed by atoms with E-state index in [-0.39, 0.29) is 17.8 Å². The number of nitrogens with two attached hydrogens (primary N) is 1. The van der Waals surface area contributed by atoms with Crippen molar-refractivity contribution < 1.29 is 4.79 Å². The van der Waals surface area contributed by atoms with E-state index in [1.807, 2.05) is 35.9 Å². The van der Waals surface area contributed by atoms with Crippen molar-refractivity contribution in [3.05, 3.63) is 52.3 Å². The first-order chi connectivity index (χ1) is 14.0. The van der Waals surface area contributed by atoms with E-state index in [1.54, 1.807) is 4.52 Å². The second kappa shape index (κ2) is 6.66. The van der Waals surface area contributed by atoms with Crippen molar-refractivity contribution in [1.29, 1.82) is 0 Å². The van der Waals surface area contributed by atoms with E-state index in [1.165, 1.54) is 6.33 Å². The topological polar surface area (TPSA) is 111 Å². The molecule has 0 atom stereocenters. The molecule has 0 unspecified atom stereocenters. The first-order valence-electron chi connectivity index (χ1n) is 9.84. The molecular formula is C21H22N6O2. The van der Waals surface area contributed by atoms with Gasteiger partial charge in [-0.15, -0.1) is 0 Å². The van der Waals surface area contributed by atoms with E-state index in [0.717, 1.165) is 59.7 Å². The van der Waals surface area contributed by atoms with Crippen molar-refractivity contribution in [1.82, 2.24) is 24.1 Å². The number of fused-ring (bicyclic) bond motifs is 2. The quantitative estimate of drug-likeness (QED) is 0.522. The van der Waals surface area contributed by atoms with Crippen LogP contribution in [0.2, 0.25) is 0 Å². The van der Waals surface area contributed by atoms with Crippen LogP contribution < -0.4 is 11.4 Å². The molecule has 1 saturated carbocycles. The molecule has 148 valence electrons. The minimum atomic E-state index is -0.0858. The summed E-state index contributed by atoms with van der Waals surface area (Å²) < 4.78 is 3.48. The molecule has 0 aliphatic heterocycles. The van der Waals surface area contributed by atoms with Crippen LogP contribution in [0.3, 0.4) is 0 Å². The first-order valence-corrected chi connectivity index (χ1v) is 9.84. The van der Waals surface area contributed by atoms with Gasteiger partial charge in [0.25, 0.3) is 0 Å². The van der Waals surface area contributed by atoms with E-state index in [0.29, 0.717) is 11.2 Å². The maximum Gasteiger partial charge on any atom is 0.326 e. The Balaban J connectivity index is 1.65. The van der Waals surface area contributed by atoms with Crippen LogP contribution in [0.25, 0.3) is 27.8 Å². The summed E-state index contributed by atoms with van der Waals surface area (Å²) in [7, 11) is 0. The van der Waals surface area contributed by atoms with E-state index >= 15 is 0 Å². The minimum Gasteiger partial charge on any atom is -0.328 e. The van der Waals surface area contributed by atoms with Gasteiger partial charge in [0.05, 0.1) is 16.6 Å². The number of hydrogen-bond donors (Lipinski definition) is 2. The van der Waals surface area contributed by atoms with Crippen LogP contribution in [-0.2, 0) is 0 Å². The molecule has 4 aromatic rings. The molecular weight excluding hydrogens is 368 g/mol. The highest BCUT2D eigenvalue weighted by atomic mass is 16.1. The Hall–Kier alpha value is -3.26. The molecule has 0 spiro atoms. The largest absolute Gasteiger partial charge is 0.328 e. The number of aldehydes is 1. The van der Waals surface area contributed by atoms with Crippen molar-refractivity contribution in [2.24, 2.45) is 5.73 Å². The Morgan fingerprint density at radius 2 is 2.00 bits per heavy atom. The van der Waals surface area contributed by atoms with Crippen LogP contribution >= 0.6 is 0 Å². The molecule has 0 bridgehead atoms. The number of hydrogen-bond acceptors (Lipinski definition) is 5. The molecule has 8 heteroatoms. The lowest BCUT2D eigenvalue weighted by Crippen LogP contribution is -2.31. The summed E-state index contributed by atoms with van der Waals surface area (Å²) in [5, 5.41) is 4.17. The standard InChI is InChI=1S/C21H22N6O2/c1-12-6-19-18(25-21(29)27(19)16-4-2-15(22)3-5-16)8-17(12)13-7-14(10-28)20-23-11-24-26(20)9-13/h6-11,15-16H,2-5,22H2,1H3,(H,25,29). The molecule has 1 fully saturated rings. The molecule has 3 heterocycles. The summed E-state index contributed by atoms with van der Waals surface area (Å²) >= 11 is 0. The molecule has 1 aliphatic rings. The average molecular weight is 390 g/mol. The van der Waals surface area contributed by atoms with Crippen LogP contribution in [0.1, 0.15) is 47.6 Å². The Labute approximate surface area is 166 Å². The maximum absolute atomic E-state index is 12.7. The maximum atomic E-state index is 12.7. The molecule has 5 rings (SSSR count). The van der Waals surface area contributed by atoms with Crippen molar-refractivity contribution in [3.63, 3.8) is 0 Å².